The van der Waals surface area contributed by atoms with E-state index in [2.05, 4.69) is 4.99 Å². The predicted molar refractivity (Wildman–Crippen MR) is 100 cm³/mol. The molecule has 1 saturated heterocycles. The largest absolute Gasteiger partial charge is 0.290 e. The average Bonchev–Trinajstić information content (AvgIpc) is 2.85. The Labute approximate surface area is 148 Å². The zero-order valence-electron chi connectivity index (χ0n) is 13.2. The SMILES string of the molecule is CSc1cccc(N=C2S/C(=C/c3ccc(F)cc3)C(=O)N2C)c1. The minimum absolute atomic E-state index is 0.107. The first-order valence-corrected chi connectivity index (χ1v) is 9.27. The smallest absolute Gasteiger partial charge is 0.266 e. The fraction of sp³-hybridized carbons (Fsp3) is 0.111. The summed E-state index contributed by atoms with van der Waals surface area (Å²) in [6, 6.07) is 13.9. The number of benzene rings is 2. The van der Waals surface area contributed by atoms with Gasteiger partial charge in [-0.15, -0.1) is 11.8 Å². The molecule has 3 nitrogen and oxygen atoms in total. The van der Waals surface area contributed by atoms with Gasteiger partial charge in [-0.25, -0.2) is 9.38 Å². The van der Waals surface area contributed by atoms with Gasteiger partial charge in [-0.1, -0.05) is 18.2 Å². The van der Waals surface area contributed by atoms with Crippen LogP contribution < -0.4 is 0 Å². The number of amides is 1. The topological polar surface area (TPSA) is 32.7 Å². The van der Waals surface area contributed by atoms with Crippen molar-refractivity contribution in [1.82, 2.24) is 4.90 Å². The van der Waals surface area contributed by atoms with Crippen LogP contribution in [0.2, 0.25) is 0 Å². The second-order valence-corrected chi connectivity index (χ2v) is 7.01. The van der Waals surface area contributed by atoms with Crippen LogP contribution >= 0.6 is 23.5 Å². The molecule has 122 valence electrons. The van der Waals surface area contributed by atoms with Gasteiger partial charge in [0.2, 0.25) is 0 Å². The highest BCUT2D eigenvalue weighted by Crippen LogP contribution is 2.33. The van der Waals surface area contributed by atoms with E-state index in [1.807, 2.05) is 30.5 Å². The summed E-state index contributed by atoms with van der Waals surface area (Å²) < 4.78 is 13.0. The molecule has 6 heteroatoms. The first kappa shape index (κ1) is 16.8. The normalized spacial score (nSPS) is 18.0. The maximum Gasteiger partial charge on any atom is 0.266 e. The zero-order chi connectivity index (χ0) is 17.1. The number of hydrogen-bond donors (Lipinski definition) is 0. The third-order valence-electron chi connectivity index (χ3n) is 3.45. The standard InChI is InChI=1S/C18H15FN2OS2/c1-21-17(22)16(10-12-6-8-13(19)9-7-12)24-18(21)20-14-4-3-5-15(11-14)23-2/h3-11H,1-2H3/b16-10+,20-18?. The third kappa shape index (κ3) is 3.71. The highest BCUT2D eigenvalue weighted by molar-refractivity contribution is 8.18. The molecule has 1 amide bonds. The Hall–Kier alpha value is -2.05. The summed E-state index contributed by atoms with van der Waals surface area (Å²) in [5.41, 5.74) is 1.60. The second-order valence-electron chi connectivity index (χ2n) is 5.12. The molecule has 0 unspecified atom stereocenters. The fourth-order valence-electron chi connectivity index (χ4n) is 2.15. The summed E-state index contributed by atoms with van der Waals surface area (Å²) in [7, 11) is 1.71. The Balaban J connectivity index is 1.88. The number of thioether (sulfide) groups is 2. The molecule has 3 rings (SSSR count). The summed E-state index contributed by atoms with van der Waals surface area (Å²) in [4.78, 5) is 20.2. The molecule has 1 aliphatic heterocycles. The third-order valence-corrected chi connectivity index (χ3v) is 5.23. The highest BCUT2D eigenvalue weighted by Gasteiger charge is 2.30. The van der Waals surface area contributed by atoms with Gasteiger partial charge >= 0.3 is 0 Å². The monoisotopic (exact) mass is 358 g/mol. The van der Waals surface area contributed by atoms with E-state index in [0.29, 0.717) is 10.1 Å². The van der Waals surface area contributed by atoms with Crippen molar-refractivity contribution in [2.24, 2.45) is 4.99 Å². The van der Waals surface area contributed by atoms with Gasteiger partial charge in [0.1, 0.15) is 5.82 Å². The maximum atomic E-state index is 13.0. The van der Waals surface area contributed by atoms with Crippen molar-refractivity contribution in [3.8, 4) is 0 Å². The highest BCUT2D eigenvalue weighted by atomic mass is 32.2. The number of carbonyl (C=O) groups is 1. The van der Waals surface area contributed by atoms with Crippen molar-refractivity contribution >= 4 is 46.4 Å². The molecule has 0 radical (unpaired) electrons. The van der Waals surface area contributed by atoms with Crippen molar-refractivity contribution in [1.29, 1.82) is 0 Å². The molecule has 2 aromatic rings. The summed E-state index contributed by atoms with van der Waals surface area (Å²) in [5.74, 6) is -0.403. The minimum atomic E-state index is -0.296. The van der Waals surface area contributed by atoms with E-state index < -0.39 is 0 Å². The van der Waals surface area contributed by atoms with Crippen LogP contribution in [0.5, 0.6) is 0 Å². The molecule has 0 aromatic heterocycles. The predicted octanol–water partition coefficient (Wildman–Crippen LogP) is 4.78. The van der Waals surface area contributed by atoms with Crippen molar-refractivity contribution < 1.29 is 9.18 Å². The van der Waals surface area contributed by atoms with Crippen LogP contribution in [0.25, 0.3) is 6.08 Å². The molecule has 24 heavy (non-hydrogen) atoms. The van der Waals surface area contributed by atoms with Crippen LogP contribution in [0.4, 0.5) is 10.1 Å². The Morgan fingerprint density at radius 3 is 2.67 bits per heavy atom. The number of likely N-dealkylation sites (N-methyl/N-ethyl adjacent to an activating group) is 1. The van der Waals surface area contributed by atoms with Gasteiger partial charge in [0.15, 0.2) is 5.17 Å². The number of amidine groups is 1. The van der Waals surface area contributed by atoms with E-state index in [1.165, 1.54) is 28.8 Å². The van der Waals surface area contributed by atoms with Gasteiger partial charge in [0, 0.05) is 11.9 Å². The molecule has 1 aliphatic rings. The van der Waals surface area contributed by atoms with Gasteiger partial charge in [0.05, 0.1) is 10.6 Å². The van der Waals surface area contributed by atoms with E-state index in [-0.39, 0.29) is 11.7 Å². The quantitative estimate of drug-likeness (QED) is 0.585. The molecule has 0 atom stereocenters. The molecular formula is C18H15FN2OS2. The van der Waals surface area contributed by atoms with E-state index in [1.54, 1.807) is 37.0 Å². The number of carbonyl (C=O) groups excluding carboxylic acids is 1. The van der Waals surface area contributed by atoms with Crippen LogP contribution in [0, 0.1) is 5.82 Å². The molecule has 0 spiro atoms. The van der Waals surface area contributed by atoms with Gasteiger partial charge in [-0.3, -0.25) is 9.69 Å². The maximum absolute atomic E-state index is 13.0. The number of nitrogens with zero attached hydrogens (tertiary/aromatic N) is 2. The van der Waals surface area contributed by atoms with Crippen molar-refractivity contribution in [2.45, 2.75) is 4.90 Å². The Bertz CT molecular complexity index is 831. The Morgan fingerprint density at radius 2 is 1.96 bits per heavy atom. The lowest BCUT2D eigenvalue weighted by molar-refractivity contribution is -0.121. The molecule has 1 heterocycles. The lowest BCUT2D eigenvalue weighted by Crippen LogP contribution is -2.23. The van der Waals surface area contributed by atoms with Crippen LogP contribution in [-0.4, -0.2) is 29.3 Å². The van der Waals surface area contributed by atoms with Crippen molar-refractivity contribution in [3.63, 3.8) is 0 Å². The molecular weight excluding hydrogens is 343 g/mol. The molecule has 0 aliphatic carbocycles. The van der Waals surface area contributed by atoms with Crippen LogP contribution in [0.15, 0.2) is 63.3 Å². The summed E-state index contributed by atoms with van der Waals surface area (Å²) in [5, 5.41) is 0.631. The summed E-state index contributed by atoms with van der Waals surface area (Å²) >= 11 is 2.97. The number of hydrogen-bond acceptors (Lipinski definition) is 4. The lowest BCUT2D eigenvalue weighted by Gasteiger charge is -2.07. The fourth-order valence-corrected chi connectivity index (χ4v) is 3.59. The first-order valence-electron chi connectivity index (χ1n) is 7.23. The molecule has 0 saturated carbocycles. The minimum Gasteiger partial charge on any atom is -0.290 e. The molecule has 1 fully saturated rings. The number of halogens is 1. The Morgan fingerprint density at radius 1 is 1.21 bits per heavy atom. The summed E-state index contributed by atoms with van der Waals surface area (Å²) in [6.07, 6.45) is 3.76. The van der Waals surface area contributed by atoms with Crippen LogP contribution in [-0.2, 0) is 4.79 Å². The van der Waals surface area contributed by atoms with Crippen molar-refractivity contribution in [2.75, 3.05) is 13.3 Å². The van der Waals surface area contributed by atoms with Gasteiger partial charge in [0.25, 0.3) is 5.91 Å². The average molecular weight is 358 g/mol. The van der Waals surface area contributed by atoms with Crippen LogP contribution in [0.3, 0.4) is 0 Å². The number of aliphatic imine (C=N–C) groups is 1. The second kappa shape index (κ2) is 7.23. The first-order chi connectivity index (χ1) is 11.6. The van der Waals surface area contributed by atoms with Gasteiger partial charge in [-0.2, -0.15) is 0 Å². The number of rotatable bonds is 3. The van der Waals surface area contributed by atoms with Gasteiger partial charge in [-0.05, 0) is 60.0 Å². The van der Waals surface area contributed by atoms with E-state index >= 15 is 0 Å². The molecule has 2 aromatic carbocycles. The van der Waals surface area contributed by atoms with E-state index in [9.17, 15) is 9.18 Å². The molecule has 0 bridgehead atoms. The zero-order valence-corrected chi connectivity index (χ0v) is 14.8. The van der Waals surface area contributed by atoms with Crippen LogP contribution in [0.1, 0.15) is 5.56 Å². The van der Waals surface area contributed by atoms with E-state index in [4.69, 9.17) is 0 Å². The lowest BCUT2D eigenvalue weighted by atomic mass is 10.2. The van der Waals surface area contributed by atoms with E-state index in [0.717, 1.165) is 16.1 Å². The summed E-state index contributed by atoms with van der Waals surface area (Å²) in [6.45, 7) is 0. The molecule has 0 N–H and O–H groups in total. The Kier molecular flexibility index (Phi) is 5.06. The van der Waals surface area contributed by atoms with Gasteiger partial charge < -0.3 is 0 Å². The van der Waals surface area contributed by atoms with Crippen molar-refractivity contribution in [3.05, 3.63) is 64.8 Å².